The third-order valence-corrected chi connectivity index (χ3v) is 8.90. The molecule has 0 saturated heterocycles. The van der Waals surface area contributed by atoms with E-state index in [2.05, 4.69) is 23.8 Å². The lowest BCUT2D eigenvalue weighted by Crippen LogP contribution is -2.33. The van der Waals surface area contributed by atoms with Crippen molar-refractivity contribution in [3.8, 4) is 0 Å². The first-order chi connectivity index (χ1) is 21.2. The molecule has 0 saturated carbocycles. The number of rotatable bonds is 17. The number of hydrogen-bond donors (Lipinski definition) is 0. The van der Waals surface area contributed by atoms with Gasteiger partial charge in [-0.2, -0.15) is 0 Å². The number of benzene rings is 2. The van der Waals surface area contributed by atoms with Gasteiger partial charge in [-0.3, -0.25) is 19.6 Å². The van der Waals surface area contributed by atoms with Crippen molar-refractivity contribution in [2.45, 2.75) is 76.3 Å². The van der Waals surface area contributed by atoms with E-state index in [1.807, 2.05) is 24.3 Å². The Bertz CT molecular complexity index is 1240. The largest absolute Gasteiger partial charge is 0.466 e. The SMILES string of the molecule is CC(CCc1ccc(F)cc1)C1(CCOC(=O)CCC(=O)OCCC2(C(C)CCc3ccc(F)cc3)C=CC=N2)C=CC=N1. The van der Waals surface area contributed by atoms with Gasteiger partial charge in [-0.25, -0.2) is 8.78 Å². The second-order valence-electron chi connectivity index (χ2n) is 11.8. The Morgan fingerprint density at radius 1 is 0.682 bits per heavy atom. The average molecular weight is 605 g/mol. The van der Waals surface area contributed by atoms with Crippen LogP contribution < -0.4 is 0 Å². The van der Waals surface area contributed by atoms with Crippen LogP contribution in [0.3, 0.4) is 0 Å². The van der Waals surface area contributed by atoms with Gasteiger partial charge < -0.3 is 9.47 Å². The number of nitrogens with zero attached hydrogens (tertiary/aromatic N) is 2. The summed E-state index contributed by atoms with van der Waals surface area (Å²) in [4.78, 5) is 34.2. The van der Waals surface area contributed by atoms with Crippen LogP contribution in [0.1, 0.15) is 63.5 Å². The minimum atomic E-state index is -0.456. The van der Waals surface area contributed by atoms with Crippen molar-refractivity contribution < 1.29 is 27.8 Å². The number of aryl methyl sites for hydroxylation is 2. The van der Waals surface area contributed by atoms with Crippen LogP contribution in [0, 0.1) is 23.5 Å². The molecule has 234 valence electrons. The molecule has 0 bridgehead atoms. The highest BCUT2D eigenvalue weighted by Crippen LogP contribution is 2.35. The Hall–Kier alpha value is -3.94. The van der Waals surface area contributed by atoms with E-state index in [0.29, 0.717) is 12.8 Å². The lowest BCUT2D eigenvalue weighted by atomic mass is 9.80. The van der Waals surface area contributed by atoms with Crippen LogP contribution in [0.15, 0.2) is 82.8 Å². The first-order valence-electron chi connectivity index (χ1n) is 15.5. The molecular formula is C36H42F2N2O4. The predicted octanol–water partition coefficient (Wildman–Crippen LogP) is 7.21. The van der Waals surface area contributed by atoms with E-state index in [-0.39, 0.29) is 49.5 Å². The fraction of sp³-hybridized carbons (Fsp3) is 0.444. The summed E-state index contributed by atoms with van der Waals surface area (Å²) >= 11 is 0. The molecule has 0 N–H and O–H groups in total. The number of halogens is 2. The van der Waals surface area contributed by atoms with Crippen LogP contribution in [-0.2, 0) is 31.9 Å². The van der Waals surface area contributed by atoms with Gasteiger partial charge in [-0.1, -0.05) is 50.3 Å². The molecule has 4 unspecified atom stereocenters. The molecule has 2 aliphatic rings. The maximum atomic E-state index is 13.2. The van der Waals surface area contributed by atoms with Crippen molar-refractivity contribution in [3.63, 3.8) is 0 Å². The van der Waals surface area contributed by atoms with Gasteiger partial charge in [0.2, 0.25) is 0 Å². The van der Waals surface area contributed by atoms with E-state index in [0.717, 1.165) is 36.8 Å². The molecule has 44 heavy (non-hydrogen) atoms. The first-order valence-corrected chi connectivity index (χ1v) is 15.5. The standard InChI is InChI=1S/C36H42F2N2O4/c1-27(5-7-29-9-13-31(37)14-10-29)35(19-3-23-39-35)21-25-43-33(41)17-18-34(42)44-26-22-36(20-4-24-40-36)28(2)6-8-30-11-15-32(38)16-12-30/h3-4,9-16,19-20,23-24,27-28H,5-8,17-18,21-22,25-26H2,1-2H3. The van der Waals surface area contributed by atoms with Gasteiger partial charge in [0.25, 0.3) is 0 Å². The smallest absolute Gasteiger partial charge is 0.306 e. The number of ether oxygens (including phenoxy) is 2. The topological polar surface area (TPSA) is 77.3 Å². The van der Waals surface area contributed by atoms with Crippen molar-refractivity contribution in [2.75, 3.05) is 13.2 Å². The zero-order valence-corrected chi connectivity index (χ0v) is 25.6. The summed E-state index contributed by atoms with van der Waals surface area (Å²) in [5.41, 5.74) is 1.22. The summed E-state index contributed by atoms with van der Waals surface area (Å²) in [6.07, 6.45) is 15.7. The van der Waals surface area contributed by atoms with Crippen molar-refractivity contribution in [1.82, 2.24) is 0 Å². The summed E-state index contributed by atoms with van der Waals surface area (Å²) in [6.45, 7) is 4.63. The number of carbonyl (C=O) groups excluding carboxylic acids is 2. The zero-order chi connectivity index (χ0) is 31.4. The molecule has 0 fully saturated rings. The second-order valence-corrected chi connectivity index (χ2v) is 11.8. The normalized spacial score (nSPS) is 21.5. The molecule has 2 aromatic carbocycles. The monoisotopic (exact) mass is 604 g/mol. The number of esters is 2. The highest BCUT2D eigenvalue weighted by molar-refractivity contribution is 5.78. The number of hydrogen-bond acceptors (Lipinski definition) is 6. The van der Waals surface area contributed by atoms with Crippen LogP contribution in [0.25, 0.3) is 0 Å². The minimum Gasteiger partial charge on any atom is -0.466 e. The Labute approximate surface area is 259 Å². The van der Waals surface area contributed by atoms with Gasteiger partial charge in [0.15, 0.2) is 0 Å². The minimum absolute atomic E-state index is 0.0532. The summed E-state index contributed by atoms with van der Waals surface area (Å²) in [5.74, 6) is -1.02. The average Bonchev–Trinajstić information content (AvgIpc) is 3.71. The second kappa shape index (κ2) is 15.7. The Morgan fingerprint density at radius 3 is 1.41 bits per heavy atom. The molecule has 2 heterocycles. The molecule has 2 aromatic rings. The molecule has 2 aliphatic heterocycles. The Kier molecular flexibility index (Phi) is 11.8. The van der Waals surface area contributed by atoms with Crippen LogP contribution in [0.5, 0.6) is 0 Å². The quantitative estimate of drug-likeness (QED) is 0.179. The molecule has 0 aromatic heterocycles. The summed E-state index contributed by atoms with van der Waals surface area (Å²) in [5, 5.41) is 0. The highest BCUT2D eigenvalue weighted by atomic mass is 19.1. The van der Waals surface area contributed by atoms with E-state index < -0.39 is 23.0 Å². The lowest BCUT2D eigenvalue weighted by Gasteiger charge is -2.31. The van der Waals surface area contributed by atoms with Gasteiger partial charge in [-0.05, 0) is 85.1 Å². The van der Waals surface area contributed by atoms with Crippen molar-refractivity contribution >= 4 is 24.4 Å². The van der Waals surface area contributed by atoms with Crippen molar-refractivity contribution in [3.05, 3.63) is 95.6 Å². The highest BCUT2D eigenvalue weighted by Gasteiger charge is 2.35. The van der Waals surface area contributed by atoms with E-state index in [1.165, 1.54) is 24.3 Å². The Balaban J connectivity index is 1.14. The Morgan fingerprint density at radius 2 is 1.07 bits per heavy atom. The van der Waals surface area contributed by atoms with E-state index >= 15 is 0 Å². The number of carbonyl (C=O) groups is 2. The maximum absolute atomic E-state index is 13.2. The van der Waals surface area contributed by atoms with Crippen LogP contribution in [0.2, 0.25) is 0 Å². The van der Waals surface area contributed by atoms with Crippen LogP contribution in [-0.4, -0.2) is 48.7 Å². The fourth-order valence-corrected chi connectivity index (χ4v) is 5.81. The summed E-state index contributed by atoms with van der Waals surface area (Å²) in [6, 6.07) is 13.1. The van der Waals surface area contributed by atoms with E-state index in [9.17, 15) is 18.4 Å². The molecule has 0 radical (unpaired) electrons. The van der Waals surface area contributed by atoms with E-state index in [1.54, 1.807) is 36.7 Å². The van der Waals surface area contributed by atoms with Gasteiger partial charge in [-0.15, -0.1) is 0 Å². The molecule has 6 nitrogen and oxygen atoms in total. The lowest BCUT2D eigenvalue weighted by molar-refractivity contribution is -0.150. The predicted molar refractivity (Wildman–Crippen MR) is 169 cm³/mol. The van der Waals surface area contributed by atoms with Crippen LogP contribution >= 0.6 is 0 Å². The van der Waals surface area contributed by atoms with Crippen molar-refractivity contribution in [1.29, 1.82) is 0 Å². The maximum Gasteiger partial charge on any atom is 0.306 e. The first kappa shape index (κ1) is 33.0. The van der Waals surface area contributed by atoms with E-state index in [4.69, 9.17) is 9.47 Å². The molecule has 0 aliphatic carbocycles. The third-order valence-electron chi connectivity index (χ3n) is 8.90. The van der Waals surface area contributed by atoms with Crippen LogP contribution in [0.4, 0.5) is 8.78 Å². The number of aliphatic imine (C=N–C) groups is 2. The van der Waals surface area contributed by atoms with Crippen molar-refractivity contribution in [2.24, 2.45) is 21.8 Å². The van der Waals surface area contributed by atoms with Gasteiger partial charge in [0, 0.05) is 25.3 Å². The molecule has 4 atom stereocenters. The summed E-state index contributed by atoms with van der Waals surface area (Å²) in [7, 11) is 0. The molecule has 0 spiro atoms. The fourth-order valence-electron chi connectivity index (χ4n) is 5.81. The number of allylic oxidation sites excluding steroid dienone is 2. The zero-order valence-electron chi connectivity index (χ0n) is 25.6. The molecule has 0 amide bonds. The molecule has 8 heteroatoms. The van der Waals surface area contributed by atoms with Gasteiger partial charge >= 0.3 is 11.9 Å². The summed E-state index contributed by atoms with van der Waals surface area (Å²) < 4.78 is 37.4. The van der Waals surface area contributed by atoms with Gasteiger partial charge in [0.05, 0.1) is 37.1 Å². The molecule has 4 rings (SSSR count). The van der Waals surface area contributed by atoms with Gasteiger partial charge in [0.1, 0.15) is 11.6 Å². The third kappa shape index (κ3) is 9.28. The molecular weight excluding hydrogens is 562 g/mol.